The zero-order chi connectivity index (χ0) is 16.9. The smallest absolute Gasteiger partial charge is 0.254 e. The summed E-state index contributed by atoms with van der Waals surface area (Å²) in [5, 5.41) is 2.54. The van der Waals surface area contributed by atoms with Gasteiger partial charge in [0, 0.05) is 38.6 Å². The fraction of sp³-hybridized carbons (Fsp3) is 0.267. The van der Waals surface area contributed by atoms with E-state index in [-0.39, 0.29) is 17.9 Å². The van der Waals surface area contributed by atoms with Crippen LogP contribution in [0.3, 0.4) is 0 Å². The number of hydrogen-bond donors (Lipinski definition) is 1. The summed E-state index contributed by atoms with van der Waals surface area (Å²) < 4.78 is 24.3. The summed E-state index contributed by atoms with van der Waals surface area (Å²) in [6.07, 6.45) is 2.84. The molecule has 0 saturated heterocycles. The van der Waals surface area contributed by atoms with Crippen LogP contribution in [0, 0.1) is 0 Å². The van der Waals surface area contributed by atoms with Crippen LogP contribution in [0.25, 0.3) is 11.4 Å². The number of carbonyl (C=O) groups is 1. The molecule has 2 rings (SSSR count). The highest BCUT2D eigenvalue weighted by molar-refractivity contribution is 7.89. The Balaban J connectivity index is 1.96. The van der Waals surface area contributed by atoms with Crippen LogP contribution in [0.15, 0.2) is 42.7 Å². The third-order valence-corrected chi connectivity index (χ3v) is 4.98. The van der Waals surface area contributed by atoms with E-state index in [9.17, 15) is 13.2 Å². The predicted octanol–water partition coefficient (Wildman–Crippen LogP) is 0.765. The van der Waals surface area contributed by atoms with Crippen molar-refractivity contribution < 1.29 is 13.2 Å². The number of rotatable bonds is 6. The normalized spacial score (nSPS) is 11.4. The summed E-state index contributed by atoms with van der Waals surface area (Å²) in [4.78, 5) is 20.3. The number of amides is 1. The molecule has 0 aliphatic heterocycles. The molecule has 0 radical (unpaired) electrons. The van der Waals surface area contributed by atoms with Gasteiger partial charge in [-0.15, -0.1) is 0 Å². The first-order chi connectivity index (χ1) is 10.9. The van der Waals surface area contributed by atoms with Crippen LogP contribution in [0.5, 0.6) is 0 Å². The second-order valence-electron chi connectivity index (χ2n) is 5.02. The molecule has 0 fully saturated rings. The Bertz CT molecular complexity index is 759. The molecule has 1 amide bonds. The van der Waals surface area contributed by atoms with Gasteiger partial charge in [-0.1, -0.05) is 30.3 Å². The molecular weight excluding hydrogens is 316 g/mol. The SMILES string of the molecule is CN(C)S(=O)(=O)CCNC(=O)c1cnc(-c2ccccc2)nc1. The van der Waals surface area contributed by atoms with Crippen LogP contribution in [0.2, 0.25) is 0 Å². The molecule has 0 spiro atoms. The largest absolute Gasteiger partial charge is 0.351 e. The minimum Gasteiger partial charge on any atom is -0.351 e. The van der Waals surface area contributed by atoms with Crippen LogP contribution in [-0.2, 0) is 10.0 Å². The van der Waals surface area contributed by atoms with E-state index < -0.39 is 15.9 Å². The maximum Gasteiger partial charge on any atom is 0.254 e. The maximum atomic E-state index is 11.9. The van der Waals surface area contributed by atoms with Gasteiger partial charge in [0.15, 0.2) is 5.82 Å². The summed E-state index contributed by atoms with van der Waals surface area (Å²) in [5.74, 6) is -0.0368. The Morgan fingerprint density at radius 2 is 1.74 bits per heavy atom. The van der Waals surface area contributed by atoms with Crippen LogP contribution in [0.4, 0.5) is 0 Å². The zero-order valence-corrected chi connectivity index (χ0v) is 13.7. The summed E-state index contributed by atoms with van der Waals surface area (Å²) in [6.45, 7) is 0.0276. The lowest BCUT2D eigenvalue weighted by Crippen LogP contribution is -2.34. The van der Waals surface area contributed by atoms with Gasteiger partial charge < -0.3 is 5.32 Å². The second kappa shape index (κ2) is 7.30. The van der Waals surface area contributed by atoms with Crippen molar-refractivity contribution in [3.63, 3.8) is 0 Å². The third-order valence-electron chi connectivity index (χ3n) is 3.15. The molecule has 0 saturated carbocycles. The summed E-state index contributed by atoms with van der Waals surface area (Å²) in [7, 11) is -0.428. The van der Waals surface area contributed by atoms with Gasteiger partial charge in [-0.05, 0) is 0 Å². The summed E-state index contributed by atoms with van der Waals surface area (Å²) in [6, 6.07) is 9.41. The number of hydrogen-bond acceptors (Lipinski definition) is 5. The van der Waals surface area contributed by atoms with Gasteiger partial charge in [-0.2, -0.15) is 0 Å². The molecule has 1 aromatic carbocycles. The van der Waals surface area contributed by atoms with E-state index in [2.05, 4.69) is 15.3 Å². The van der Waals surface area contributed by atoms with Crippen molar-refractivity contribution in [1.82, 2.24) is 19.6 Å². The fourth-order valence-corrected chi connectivity index (χ4v) is 2.48. The van der Waals surface area contributed by atoms with Crippen molar-refractivity contribution >= 4 is 15.9 Å². The van der Waals surface area contributed by atoms with Gasteiger partial charge >= 0.3 is 0 Å². The molecule has 0 aliphatic rings. The van der Waals surface area contributed by atoms with Crippen LogP contribution < -0.4 is 5.32 Å². The number of nitrogens with zero attached hydrogens (tertiary/aromatic N) is 3. The van der Waals surface area contributed by atoms with Gasteiger partial charge in [-0.3, -0.25) is 4.79 Å². The molecule has 0 atom stereocenters. The Labute approximate surface area is 135 Å². The molecule has 2 aromatic rings. The van der Waals surface area contributed by atoms with Gasteiger partial charge in [0.2, 0.25) is 10.0 Å². The first kappa shape index (κ1) is 17.0. The monoisotopic (exact) mass is 334 g/mol. The molecule has 0 unspecified atom stereocenters. The molecule has 1 heterocycles. The molecule has 1 N–H and O–H groups in total. The maximum absolute atomic E-state index is 11.9. The van der Waals surface area contributed by atoms with Gasteiger partial charge in [0.05, 0.1) is 11.3 Å². The standard InChI is InChI=1S/C15H18N4O3S/c1-19(2)23(21,22)9-8-16-15(20)13-10-17-14(18-11-13)12-6-4-3-5-7-12/h3-7,10-11H,8-9H2,1-2H3,(H,16,20). The molecular formula is C15H18N4O3S. The zero-order valence-electron chi connectivity index (χ0n) is 12.9. The van der Waals surface area contributed by atoms with Crippen molar-refractivity contribution in [3.05, 3.63) is 48.3 Å². The van der Waals surface area contributed by atoms with E-state index in [0.29, 0.717) is 5.82 Å². The highest BCUT2D eigenvalue weighted by Gasteiger charge is 2.14. The number of aromatic nitrogens is 2. The minimum absolute atomic E-state index is 0.0276. The van der Waals surface area contributed by atoms with Crippen molar-refractivity contribution in [2.75, 3.05) is 26.4 Å². The Kier molecular flexibility index (Phi) is 5.41. The number of benzene rings is 1. The van der Waals surface area contributed by atoms with Crippen molar-refractivity contribution in [3.8, 4) is 11.4 Å². The Morgan fingerprint density at radius 3 is 2.30 bits per heavy atom. The van der Waals surface area contributed by atoms with Crippen molar-refractivity contribution in [2.45, 2.75) is 0 Å². The molecule has 122 valence electrons. The first-order valence-electron chi connectivity index (χ1n) is 6.96. The highest BCUT2D eigenvalue weighted by atomic mass is 32.2. The molecule has 7 nitrogen and oxygen atoms in total. The lowest BCUT2D eigenvalue weighted by Gasteiger charge is -2.11. The van der Waals surface area contributed by atoms with Gasteiger partial charge in [0.1, 0.15) is 0 Å². The van der Waals surface area contributed by atoms with Gasteiger partial charge in [-0.25, -0.2) is 22.7 Å². The average Bonchev–Trinajstić information content (AvgIpc) is 2.55. The highest BCUT2D eigenvalue weighted by Crippen LogP contribution is 2.13. The first-order valence-corrected chi connectivity index (χ1v) is 8.57. The van der Waals surface area contributed by atoms with E-state index in [1.165, 1.54) is 26.5 Å². The van der Waals surface area contributed by atoms with Crippen molar-refractivity contribution in [2.24, 2.45) is 0 Å². The summed E-state index contributed by atoms with van der Waals surface area (Å²) in [5.41, 5.74) is 1.14. The minimum atomic E-state index is -3.33. The van der Waals surface area contributed by atoms with Crippen LogP contribution in [0.1, 0.15) is 10.4 Å². The number of nitrogens with one attached hydrogen (secondary N) is 1. The lowest BCUT2D eigenvalue weighted by atomic mass is 10.2. The Morgan fingerprint density at radius 1 is 1.13 bits per heavy atom. The Hall–Kier alpha value is -2.32. The van der Waals surface area contributed by atoms with E-state index in [4.69, 9.17) is 0 Å². The van der Waals surface area contributed by atoms with Crippen LogP contribution in [-0.4, -0.2) is 55.0 Å². The molecule has 1 aromatic heterocycles. The van der Waals surface area contributed by atoms with Crippen LogP contribution >= 0.6 is 0 Å². The second-order valence-corrected chi connectivity index (χ2v) is 7.32. The van der Waals surface area contributed by atoms with E-state index >= 15 is 0 Å². The molecule has 8 heteroatoms. The summed E-state index contributed by atoms with van der Waals surface area (Å²) >= 11 is 0. The molecule has 0 bridgehead atoms. The quantitative estimate of drug-likeness (QED) is 0.842. The lowest BCUT2D eigenvalue weighted by molar-refractivity contribution is 0.0955. The fourth-order valence-electron chi connectivity index (χ4n) is 1.76. The van der Waals surface area contributed by atoms with Crippen molar-refractivity contribution in [1.29, 1.82) is 0 Å². The van der Waals surface area contributed by atoms with E-state index in [0.717, 1.165) is 9.87 Å². The number of sulfonamides is 1. The van der Waals surface area contributed by atoms with E-state index in [1.54, 1.807) is 0 Å². The number of carbonyl (C=O) groups excluding carboxylic acids is 1. The van der Waals surface area contributed by atoms with Gasteiger partial charge in [0.25, 0.3) is 5.91 Å². The average molecular weight is 334 g/mol. The predicted molar refractivity (Wildman–Crippen MR) is 87.3 cm³/mol. The molecule has 0 aliphatic carbocycles. The topological polar surface area (TPSA) is 92.3 Å². The van der Waals surface area contributed by atoms with E-state index in [1.807, 2.05) is 30.3 Å². The third kappa shape index (κ3) is 4.57. The molecule has 23 heavy (non-hydrogen) atoms.